The zero-order chi connectivity index (χ0) is 23.5. The van der Waals surface area contributed by atoms with Crippen LogP contribution in [0.15, 0.2) is 59.3 Å². The summed E-state index contributed by atoms with van der Waals surface area (Å²) < 4.78 is 7.25. The summed E-state index contributed by atoms with van der Waals surface area (Å²) in [6.45, 7) is 1.40. The molecular formula is C24H26N8O2. The van der Waals surface area contributed by atoms with Gasteiger partial charge in [0.05, 0.1) is 19.3 Å². The molecule has 0 spiro atoms. The Balaban J connectivity index is 1.22. The largest absolute Gasteiger partial charge is 0.392 e. The molecule has 0 aliphatic carbocycles. The molecule has 10 heteroatoms. The second-order valence-electron chi connectivity index (χ2n) is 8.44. The van der Waals surface area contributed by atoms with Gasteiger partial charge in [-0.15, -0.1) is 5.10 Å². The number of rotatable bonds is 7. The highest BCUT2D eigenvalue weighted by Gasteiger charge is 2.27. The van der Waals surface area contributed by atoms with Crippen LogP contribution in [0.2, 0.25) is 0 Å². The number of aromatic nitrogens is 5. The van der Waals surface area contributed by atoms with Crippen molar-refractivity contribution in [3.8, 4) is 22.6 Å². The van der Waals surface area contributed by atoms with Crippen molar-refractivity contribution in [1.29, 1.82) is 5.41 Å². The number of hydrogen-bond donors (Lipinski definition) is 3. The summed E-state index contributed by atoms with van der Waals surface area (Å²) in [5, 5.41) is 29.5. The number of aliphatic hydroxyl groups is 1. The van der Waals surface area contributed by atoms with E-state index in [9.17, 15) is 5.11 Å². The predicted molar refractivity (Wildman–Crippen MR) is 126 cm³/mol. The van der Waals surface area contributed by atoms with E-state index in [0.717, 1.165) is 47.3 Å². The van der Waals surface area contributed by atoms with Crippen molar-refractivity contribution in [2.75, 3.05) is 6.54 Å². The fraction of sp³-hybridized carbons (Fsp3) is 0.292. The Morgan fingerprint density at radius 2 is 1.82 bits per heavy atom. The van der Waals surface area contributed by atoms with E-state index < -0.39 is 0 Å². The third-order valence-electron chi connectivity index (χ3n) is 6.09. The lowest BCUT2D eigenvalue weighted by Crippen LogP contribution is -2.41. The SMILES string of the molecule is N=C(N)N1CCCC1Cc1nc(-c2ccc(Cn3cc(-c4ccc(CO)cc4)nn3)cc2)no1. The van der Waals surface area contributed by atoms with E-state index in [-0.39, 0.29) is 18.6 Å². The van der Waals surface area contributed by atoms with Crippen LogP contribution in [-0.4, -0.2) is 53.7 Å². The molecule has 34 heavy (non-hydrogen) atoms. The minimum Gasteiger partial charge on any atom is -0.392 e. The monoisotopic (exact) mass is 458 g/mol. The molecular weight excluding hydrogens is 432 g/mol. The lowest BCUT2D eigenvalue weighted by atomic mass is 10.1. The number of hydrogen-bond acceptors (Lipinski definition) is 7. The lowest BCUT2D eigenvalue weighted by molar-refractivity contribution is 0.282. The van der Waals surface area contributed by atoms with Crippen LogP contribution in [0.3, 0.4) is 0 Å². The number of aliphatic hydroxyl groups excluding tert-OH is 1. The molecule has 4 N–H and O–H groups in total. The summed E-state index contributed by atoms with van der Waals surface area (Å²) in [7, 11) is 0. The Morgan fingerprint density at radius 1 is 1.09 bits per heavy atom. The molecule has 0 bridgehead atoms. The number of guanidine groups is 1. The Hall–Kier alpha value is -4.05. The maximum absolute atomic E-state index is 9.19. The van der Waals surface area contributed by atoms with E-state index in [0.29, 0.717) is 24.7 Å². The zero-order valence-corrected chi connectivity index (χ0v) is 18.6. The lowest BCUT2D eigenvalue weighted by Gasteiger charge is -2.23. The predicted octanol–water partition coefficient (Wildman–Crippen LogP) is 2.44. The van der Waals surface area contributed by atoms with E-state index in [1.165, 1.54) is 0 Å². The van der Waals surface area contributed by atoms with Crippen LogP contribution >= 0.6 is 0 Å². The van der Waals surface area contributed by atoms with Crippen molar-refractivity contribution in [1.82, 2.24) is 30.0 Å². The topological polar surface area (TPSA) is 143 Å². The quantitative estimate of drug-likeness (QED) is 0.283. The van der Waals surface area contributed by atoms with E-state index in [1.54, 1.807) is 4.68 Å². The van der Waals surface area contributed by atoms with Gasteiger partial charge in [-0.05, 0) is 24.0 Å². The zero-order valence-electron chi connectivity index (χ0n) is 18.6. The molecule has 174 valence electrons. The van der Waals surface area contributed by atoms with Gasteiger partial charge in [-0.25, -0.2) is 4.68 Å². The average molecular weight is 459 g/mol. The van der Waals surface area contributed by atoms with Gasteiger partial charge in [-0.1, -0.05) is 58.9 Å². The van der Waals surface area contributed by atoms with Gasteiger partial charge >= 0.3 is 0 Å². The minimum absolute atomic E-state index is 0.0210. The highest BCUT2D eigenvalue weighted by molar-refractivity contribution is 5.75. The maximum Gasteiger partial charge on any atom is 0.229 e. The maximum atomic E-state index is 9.19. The molecule has 5 rings (SSSR count). The summed E-state index contributed by atoms with van der Waals surface area (Å²) in [5.74, 6) is 1.19. The van der Waals surface area contributed by atoms with E-state index in [2.05, 4.69) is 20.5 Å². The molecule has 0 saturated carbocycles. The molecule has 1 atom stereocenters. The molecule has 4 aromatic rings. The van der Waals surface area contributed by atoms with Gasteiger partial charge in [0, 0.05) is 30.1 Å². The summed E-state index contributed by atoms with van der Waals surface area (Å²) in [4.78, 5) is 6.43. The molecule has 1 aliphatic heterocycles. The van der Waals surface area contributed by atoms with E-state index in [4.69, 9.17) is 15.7 Å². The molecule has 1 unspecified atom stereocenters. The van der Waals surface area contributed by atoms with Gasteiger partial charge in [0.15, 0.2) is 5.96 Å². The third-order valence-corrected chi connectivity index (χ3v) is 6.09. The summed E-state index contributed by atoms with van der Waals surface area (Å²) in [5.41, 5.74) is 10.2. The summed E-state index contributed by atoms with van der Waals surface area (Å²) in [6.07, 6.45) is 4.46. The fourth-order valence-electron chi connectivity index (χ4n) is 4.26. The minimum atomic E-state index is 0.0210. The van der Waals surface area contributed by atoms with Gasteiger partial charge in [0.2, 0.25) is 11.7 Å². The normalized spacial score (nSPS) is 15.7. The van der Waals surface area contributed by atoms with Crippen molar-refractivity contribution < 1.29 is 9.63 Å². The Bertz CT molecular complexity index is 1260. The van der Waals surface area contributed by atoms with Gasteiger partial charge in [0.1, 0.15) is 5.69 Å². The molecule has 1 aliphatic rings. The first-order chi connectivity index (χ1) is 16.6. The van der Waals surface area contributed by atoms with Crippen molar-refractivity contribution in [2.24, 2.45) is 5.73 Å². The Labute approximate surface area is 196 Å². The van der Waals surface area contributed by atoms with Gasteiger partial charge < -0.3 is 20.3 Å². The Morgan fingerprint density at radius 3 is 2.56 bits per heavy atom. The molecule has 0 amide bonds. The molecule has 1 saturated heterocycles. The van der Waals surface area contributed by atoms with Gasteiger partial charge in [-0.2, -0.15) is 4.98 Å². The van der Waals surface area contributed by atoms with E-state index in [1.807, 2.05) is 59.6 Å². The number of likely N-dealkylation sites (tertiary alicyclic amines) is 1. The molecule has 3 heterocycles. The highest BCUT2D eigenvalue weighted by Crippen LogP contribution is 2.23. The average Bonchev–Trinajstić information content (AvgIpc) is 3.61. The molecule has 2 aromatic heterocycles. The first-order valence-corrected chi connectivity index (χ1v) is 11.2. The second kappa shape index (κ2) is 9.44. The van der Waals surface area contributed by atoms with Crippen molar-refractivity contribution in [3.63, 3.8) is 0 Å². The number of nitrogens with one attached hydrogen (secondary N) is 1. The third kappa shape index (κ3) is 4.67. The Kier molecular flexibility index (Phi) is 6.05. The molecule has 0 radical (unpaired) electrons. The van der Waals surface area contributed by atoms with Gasteiger partial charge in [-0.3, -0.25) is 5.41 Å². The summed E-state index contributed by atoms with van der Waals surface area (Å²) in [6, 6.07) is 15.7. The number of nitrogens with two attached hydrogens (primary N) is 1. The van der Waals surface area contributed by atoms with Crippen molar-refractivity contribution in [2.45, 2.75) is 38.5 Å². The number of benzene rings is 2. The van der Waals surface area contributed by atoms with Crippen LogP contribution in [0.5, 0.6) is 0 Å². The van der Waals surface area contributed by atoms with Crippen LogP contribution in [0, 0.1) is 5.41 Å². The van der Waals surface area contributed by atoms with Gasteiger partial charge in [0.25, 0.3) is 0 Å². The van der Waals surface area contributed by atoms with Crippen LogP contribution in [-0.2, 0) is 19.6 Å². The highest BCUT2D eigenvalue weighted by atomic mass is 16.5. The first-order valence-electron chi connectivity index (χ1n) is 11.2. The van der Waals surface area contributed by atoms with Crippen LogP contribution in [0.4, 0.5) is 0 Å². The van der Waals surface area contributed by atoms with Crippen molar-refractivity contribution >= 4 is 5.96 Å². The standard InChI is InChI=1S/C24H26N8O2/c25-24(26)32-11-1-2-20(32)12-22-27-23(29-34-22)19-9-3-16(4-10-19)13-31-14-21(28-30-31)18-7-5-17(15-33)6-8-18/h3-10,14,20,33H,1-2,11-13,15H2,(H3,25,26). The number of nitrogens with zero attached hydrogens (tertiary/aromatic N) is 6. The van der Waals surface area contributed by atoms with Crippen LogP contribution in [0.25, 0.3) is 22.6 Å². The fourth-order valence-corrected chi connectivity index (χ4v) is 4.26. The van der Waals surface area contributed by atoms with E-state index >= 15 is 0 Å². The molecule has 2 aromatic carbocycles. The molecule has 10 nitrogen and oxygen atoms in total. The summed E-state index contributed by atoms with van der Waals surface area (Å²) >= 11 is 0. The van der Waals surface area contributed by atoms with Crippen molar-refractivity contribution in [3.05, 3.63) is 71.7 Å². The smallest absolute Gasteiger partial charge is 0.229 e. The second-order valence-corrected chi connectivity index (χ2v) is 8.44. The molecule has 1 fully saturated rings. The van der Waals surface area contributed by atoms with Crippen LogP contribution < -0.4 is 5.73 Å². The first kappa shape index (κ1) is 21.8. The van der Waals surface area contributed by atoms with Crippen LogP contribution in [0.1, 0.15) is 29.9 Å².